The molecule has 19 heteroatoms. The molecule has 0 spiro atoms. The SMILES string of the molecule is Cc1cc(-n2nc3c(c2-n2ccn(-c4ccc5c(cnn5C)c4F)c2=O)[C@@H]2CCC[C@H](C3)N2S(=O)(=O)c2c(C)c3cc([C@H]4CCOC(C)(C)C4)ccc3n2[C@@]2(c3noc(=O)[nH]3)C[C@@H]2C)cc(C)c1F. The fourth-order valence-electron chi connectivity index (χ4n) is 12.2. The van der Waals surface area contributed by atoms with Gasteiger partial charge in [-0.2, -0.15) is 14.5 Å². The number of ether oxygens (including phenoxy) is 1. The summed E-state index contributed by atoms with van der Waals surface area (Å²) in [7, 11) is -2.76. The lowest BCUT2D eigenvalue weighted by Gasteiger charge is -2.44. The lowest BCUT2D eigenvalue weighted by Crippen LogP contribution is -2.50. The largest absolute Gasteiger partial charge is 0.438 e. The fraction of sp³-hybridized carbons (Fsp3) is 0.420. The van der Waals surface area contributed by atoms with E-state index in [-0.39, 0.29) is 57.4 Å². The Bertz CT molecular complexity index is 3680. The Morgan fingerprint density at radius 2 is 1.64 bits per heavy atom. The number of nitrogens with zero attached hydrogens (tertiary/aromatic N) is 9. The van der Waals surface area contributed by atoms with Crippen LogP contribution in [0.2, 0.25) is 0 Å². The lowest BCUT2D eigenvalue weighted by atomic mass is 9.83. The number of sulfonamides is 1. The summed E-state index contributed by atoms with van der Waals surface area (Å²) >= 11 is 0. The molecule has 12 rings (SSSR count). The molecule has 8 heterocycles. The molecule has 4 aliphatic rings. The molecule has 69 heavy (non-hydrogen) atoms. The van der Waals surface area contributed by atoms with Gasteiger partial charge in [0.1, 0.15) is 17.2 Å². The summed E-state index contributed by atoms with van der Waals surface area (Å²) in [4.78, 5) is 30.3. The summed E-state index contributed by atoms with van der Waals surface area (Å²) in [5.74, 6) is -1.13. The van der Waals surface area contributed by atoms with E-state index in [0.717, 1.165) is 23.8 Å². The third-order valence-electron chi connectivity index (χ3n) is 15.6. The molecule has 0 radical (unpaired) electrons. The van der Waals surface area contributed by atoms with E-state index >= 15 is 17.2 Å². The average Bonchev–Trinajstić information content (AvgIpc) is 3.89. The third kappa shape index (κ3) is 6.34. The molecule has 3 aromatic carbocycles. The predicted molar refractivity (Wildman–Crippen MR) is 252 cm³/mol. The van der Waals surface area contributed by atoms with E-state index in [4.69, 9.17) is 14.4 Å². The first-order valence-corrected chi connectivity index (χ1v) is 25.0. The Morgan fingerprint density at radius 1 is 0.899 bits per heavy atom. The monoisotopic (exact) mass is 958 g/mol. The number of fused-ring (bicyclic) bond motifs is 6. The van der Waals surface area contributed by atoms with Crippen LogP contribution in [0, 0.1) is 38.3 Å². The predicted octanol–water partition coefficient (Wildman–Crippen LogP) is 7.83. The molecule has 0 amide bonds. The van der Waals surface area contributed by atoms with Crippen LogP contribution >= 0.6 is 0 Å². The Kier molecular flexibility index (Phi) is 9.54. The molecule has 3 aliphatic heterocycles. The summed E-state index contributed by atoms with van der Waals surface area (Å²) in [6, 6.07) is 11.4. The van der Waals surface area contributed by atoms with Crippen molar-refractivity contribution in [2.45, 2.75) is 121 Å². The number of piperidine rings is 1. The molecule has 2 bridgehead atoms. The second-order valence-corrected chi connectivity index (χ2v) is 22.1. The van der Waals surface area contributed by atoms with Crippen LogP contribution in [0.1, 0.15) is 111 Å². The van der Waals surface area contributed by atoms with E-state index in [9.17, 15) is 9.59 Å². The highest BCUT2D eigenvalue weighted by Gasteiger charge is 2.61. The van der Waals surface area contributed by atoms with Crippen molar-refractivity contribution in [2.75, 3.05) is 6.61 Å². The fourth-order valence-corrected chi connectivity index (χ4v) is 14.5. The first kappa shape index (κ1) is 43.8. The number of nitrogens with one attached hydrogen (secondary N) is 1. The van der Waals surface area contributed by atoms with E-state index in [1.165, 1.54) is 33.8 Å². The summed E-state index contributed by atoms with van der Waals surface area (Å²) in [6.45, 7) is 12.0. The molecule has 1 saturated carbocycles. The molecular formula is C50H52F2N10O6S. The van der Waals surface area contributed by atoms with Gasteiger partial charge < -0.3 is 9.30 Å². The second-order valence-electron chi connectivity index (χ2n) is 20.4. The van der Waals surface area contributed by atoms with Crippen molar-refractivity contribution in [3.8, 4) is 17.2 Å². The highest BCUT2D eigenvalue weighted by Crippen LogP contribution is 2.58. The molecule has 2 saturated heterocycles. The third-order valence-corrected chi connectivity index (χ3v) is 17.7. The minimum absolute atomic E-state index is 0.0123. The highest BCUT2D eigenvalue weighted by atomic mass is 32.2. The standard InChI is InChI=1S/C50H52F2N10O6S/c1-26-19-33(20-27(2)42(26)51)61-44(59-17-16-58(48(59)64)40-14-13-37-35(43(40)52)25-53-57(37)7)41-36(55-61)22-32-9-8-10-39(41)62(32)69(65,66)45-29(4)34-21-30(31-15-18-67-49(5,6)24-31)11-12-38(34)60(45)50(23-28(50)3)46-54-47(63)68-56-46/h11-14,16-17,19-21,25,28,31-32,39H,8-10,15,18,22-24H2,1-7H3,(H,54,56,63)/t28-,31-,32+,39-,50-/m0/s1. The summed E-state index contributed by atoms with van der Waals surface area (Å²) < 4.78 is 84.7. The Hall–Kier alpha value is -6.44. The van der Waals surface area contributed by atoms with E-state index in [0.29, 0.717) is 77.0 Å². The highest BCUT2D eigenvalue weighted by molar-refractivity contribution is 7.89. The Balaban J connectivity index is 1.07. The van der Waals surface area contributed by atoms with Crippen LogP contribution in [0.5, 0.6) is 0 Å². The number of hydrogen-bond acceptors (Lipinski definition) is 9. The number of hydrogen-bond donors (Lipinski definition) is 1. The number of aromatic nitrogens is 9. The molecule has 3 fully saturated rings. The number of rotatable bonds is 8. The zero-order valence-electron chi connectivity index (χ0n) is 39.4. The van der Waals surface area contributed by atoms with E-state index < -0.39 is 44.9 Å². The molecule has 0 unspecified atom stereocenters. The van der Waals surface area contributed by atoms with Crippen LogP contribution in [-0.4, -0.2) is 74.4 Å². The zero-order chi connectivity index (χ0) is 48.2. The molecule has 1 N–H and O–H groups in total. The van der Waals surface area contributed by atoms with Gasteiger partial charge in [-0.25, -0.2) is 31.5 Å². The van der Waals surface area contributed by atoms with Crippen molar-refractivity contribution in [3.63, 3.8) is 0 Å². The van der Waals surface area contributed by atoms with Gasteiger partial charge in [-0.1, -0.05) is 18.1 Å². The maximum absolute atomic E-state index is 16.3. The van der Waals surface area contributed by atoms with Crippen LogP contribution in [0.15, 0.2) is 80.2 Å². The Morgan fingerprint density at radius 3 is 2.35 bits per heavy atom. The van der Waals surface area contributed by atoms with Gasteiger partial charge in [0.05, 0.1) is 51.3 Å². The van der Waals surface area contributed by atoms with Crippen LogP contribution in [0.3, 0.4) is 0 Å². The number of aromatic amines is 1. The molecule has 16 nitrogen and oxygen atoms in total. The number of imidazole rings is 1. The summed E-state index contributed by atoms with van der Waals surface area (Å²) in [5.41, 5.74) is 3.32. The molecule has 358 valence electrons. The summed E-state index contributed by atoms with van der Waals surface area (Å²) in [5, 5.41) is 14.7. The van der Waals surface area contributed by atoms with Crippen molar-refractivity contribution < 1.29 is 26.5 Å². The van der Waals surface area contributed by atoms with Gasteiger partial charge >= 0.3 is 11.4 Å². The number of benzene rings is 3. The smallest absolute Gasteiger partial charge is 0.376 e. The van der Waals surface area contributed by atoms with Gasteiger partial charge in [0.2, 0.25) is 0 Å². The van der Waals surface area contributed by atoms with Gasteiger partial charge in [-0.3, -0.25) is 23.3 Å². The molecule has 8 aromatic rings. The van der Waals surface area contributed by atoms with Crippen LogP contribution in [0.4, 0.5) is 8.78 Å². The quantitative estimate of drug-likeness (QED) is 0.159. The van der Waals surface area contributed by atoms with Crippen molar-refractivity contribution in [2.24, 2.45) is 13.0 Å². The van der Waals surface area contributed by atoms with Crippen LogP contribution in [0.25, 0.3) is 39.0 Å². The van der Waals surface area contributed by atoms with Gasteiger partial charge in [0.15, 0.2) is 16.7 Å². The van der Waals surface area contributed by atoms with Gasteiger partial charge in [-0.15, -0.1) is 0 Å². The Labute approximate surface area is 395 Å². The molecule has 1 aliphatic carbocycles. The van der Waals surface area contributed by atoms with Crippen LogP contribution in [-0.2, 0) is 33.8 Å². The van der Waals surface area contributed by atoms with Crippen molar-refractivity contribution in [1.82, 2.24) is 47.7 Å². The van der Waals surface area contributed by atoms with Gasteiger partial charge in [0.25, 0.3) is 10.0 Å². The minimum Gasteiger partial charge on any atom is -0.376 e. The van der Waals surface area contributed by atoms with E-state index in [1.54, 1.807) is 52.8 Å². The number of aryl methyl sites for hydroxylation is 4. The van der Waals surface area contributed by atoms with Gasteiger partial charge in [0, 0.05) is 49.5 Å². The van der Waals surface area contributed by atoms with Crippen molar-refractivity contribution >= 4 is 31.8 Å². The maximum atomic E-state index is 16.3. The van der Waals surface area contributed by atoms with E-state index in [1.807, 2.05) is 24.5 Å². The molecule has 5 aromatic heterocycles. The zero-order valence-corrected chi connectivity index (χ0v) is 40.2. The lowest BCUT2D eigenvalue weighted by molar-refractivity contribution is -0.0592. The normalized spacial score (nSPS) is 23.6. The maximum Gasteiger partial charge on any atom is 0.438 e. The van der Waals surface area contributed by atoms with E-state index in [2.05, 4.69) is 41.2 Å². The second kappa shape index (κ2) is 15.0. The number of halogens is 2. The minimum atomic E-state index is -4.47. The average molecular weight is 959 g/mol. The summed E-state index contributed by atoms with van der Waals surface area (Å²) in [6.07, 6.45) is 8.45. The van der Waals surface area contributed by atoms with Crippen molar-refractivity contribution in [3.05, 3.63) is 133 Å². The first-order chi connectivity index (χ1) is 32.9. The topological polar surface area (TPSA) is 173 Å². The number of H-pyrrole nitrogens is 1. The van der Waals surface area contributed by atoms with Crippen LogP contribution < -0.4 is 11.4 Å². The van der Waals surface area contributed by atoms with Gasteiger partial charge in [-0.05, 0) is 144 Å². The van der Waals surface area contributed by atoms with Crippen molar-refractivity contribution in [1.29, 1.82) is 0 Å². The molecular weight excluding hydrogens is 907 g/mol. The molecule has 5 atom stereocenters. The first-order valence-electron chi connectivity index (χ1n) is 23.6.